The van der Waals surface area contributed by atoms with Crippen LogP contribution in [-0.2, 0) is 10.8 Å². The second kappa shape index (κ2) is 5.88. The van der Waals surface area contributed by atoms with Crippen LogP contribution < -0.4 is 5.73 Å². The second-order valence-electron chi connectivity index (χ2n) is 2.98. The Kier molecular flexibility index (Phi) is 4.76. The summed E-state index contributed by atoms with van der Waals surface area (Å²) in [6.45, 7) is 0.592. The van der Waals surface area contributed by atoms with Crippen LogP contribution in [0.2, 0.25) is 0 Å². The van der Waals surface area contributed by atoms with Gasteiger partial charge in [0.05, 0.1) is 15.7 Å². The highest BCUT2D eigenvalue weighted by Gasteiger charge is 2.07. The molecule has 4 heteroatoms. The fourth-order valence-corrected chi connectivity index (χ4v) is 2.32. The topological polar surface area (TPSA) is 43.1 Å². The maximum absolute atomic E-state index is 13.1. The second-order valence-corrected chi connectivity index (χ2v) is 4.51. The van der Waals surface area contributed by atoms with Gasteiger partial charge in [0.1, 0.15) is 5.82 Å². The Balaban J connectivity index is 2.56. The van der Waals surface area contributed by atoms with Gasteiger partial charge in [-0.25, -0.2) is 4.39 Å². The Labute approximate surface area is 85.8 Å². The van der Waals surface area contributed by atoms with Crippen LogP contribution in [0.1, 0.15) is 12.8 Å². The molecule has 0 heterocycles. The number of rotatable bonds is 5. The van der Waals surface area contributed by atoms with Crippen molar-refractivity contribution >= 4 is 10.8 Å². The van der Waals surface area contributed by atoms with Gasteiger partial charge in [-0.2, -0.15) is 0 Å². The summed E-state index contributed by atoms with van der Waals surface area (Å²) < 4.78 is 24.7. The average molecular weight is 215 g/mol. The van der Waals surface area contributed by atoms with E-state index in [1.54, 1.807) is 18.2 Å². The molecule has 0 spiro atoms. The van der Waals surface area contributed by atoms with E-state index in [1.807, 2.05) is 0 Å². The summed E-state index contributed by atoms with van der Waals surface area (Å²) >= 11 is 0. The average Bonchev–Trinajstić information content (AvgIpc) is 2.18. The lowest BCUT2D eigenvalue weighted by atomic mass is 10.3. The van der Waals surface area contributed by atoms with Crippen LogP contribution >= 0.6 is 0 Å². The molecule has 0 aromatic heterocycles. The van der Waals surface area contributed by atoms with Crippen LogP contribution in [-0.4, -0.2) is 16.5 Å². The number of benzene rings is 1. The first-order valence-electron chi connectivity index (χ1n) is 4.58. The molecule has 0 radical (unpaired) electrons. The van der Waals surface area contributed by atoms with E-state index < -0.39 is 16.6 Å². The summed E-state index contributed by atoms with van der Waals surface area (Å²) in [5.74, 6) is 0.0941. The van der Waals surface area contributed by atoms with E-state index in [-0.39, 0.29) is 0 Å². The normalized spacial score (nSPS) is 12.7. The minimum absolute atomic E-state index is 0.296. The van der Waals surface area contributed by atoms with Gasteiger partial charge in [-0.1, -0.05) is 12.1 Å². The maximum atomic E-state index is 13.1. The maximum Gasteiger partial charge on any atom is 0.139 e. The lowest BCUT2D eigenvalue weighted by molar-refractivity contribution is 0.594. The van der Waals surface area contributed by atoms with E-state index in [0.29, 0.717) is 17.2 Å². The lowest BCUT2D eigenvalue weighted by Crippen LogP contribution is -2.04. The van der Waals surface area contributed by atoms with E-state index in [9.17, 15) is 8.60 Å². The molecule has 1 aromatic rings. The van der Waals surface area contributed by atoms with Gasteiger partial charge >= 0.3 is 0 Å². The monoisotopic (exact) mass is 215 g/mol. The molecule has 0 fully saturated rings. The van der Waals surface area contributed by atoms with Gasteiger partial charge in [-0.15, -0.1) is 0 Å². The van der Waals surface area contributed by atoms with Crippen LogP contribution in [0.4, 0.5) is 4.39 Å². The van der Waals surface area contributed by atoms with E-state index in [2.05, 4.69) is 0 Å². The molecule has 14 heavy (non-hydrogen) atoms. The van der Waals surface area contributed by atoms with Crippen LogP contribution in [0.25, 0.3) is 0 Å². The van der Waals surface area contributed by atoms with Crippen LogP contribution in [0, 0.1) is 5.82 Å². The Morgan fingerprint density at radius 2 is 2.00 bits per heavy atom. The molecule has 0 saturated carbocycles. The third-order valence-corrected chi connectivity index (χ3v) is 3.35. The molecule has 2 N–H and O–H groups in total. The first-order chi connectivity index (χ1) is 6.75. The predicted octanol–water partition coefficient (Wildman–Crippen LogP) is 1.67. The smallest absolute Gasteiger partial charge is 0.139 e. The van der Waals surface area contributed by atoms with Gasteiger partial charge in [0.2, 0.25) is 0 Å². The highest BCUT2D eigenvalue weighted by molar-refractivity contribution is 7.85. The molecular weight excluding hydrogens is 201 g/mol. The van der Waals surface area contributed by atoms with Gasteiger partial charge in [0, 0.05) is 5.75 Å². The summed E-state index contributed by atoms with van der Waals surface area (Å²) in [5.41, 5.74) is 5.31. The predicted molar refractivity (Wildman–Crippen MR) is 56.0 cm³/mol. The fraction of sp³-hybridized carbons (Fsp3) is 0.400. The molecule has 2 nitrogen and oxygen atoms in total. The van der Waals surface area contributed by atoms with E-state index in [0.717, 1.165) is 12.8 Å². The van der Waals surface area contributed by atoms with Crippen LogP contribution in [0.5, 0.6) is 0 Å². The van der Waals surface area contributed by atoms with Gasteiger partial charge in [0.15, 0.2) is 0 Å². The molecule has 0 aliphatic rings. The third kappa shape index (κ3) is 3.20. The number of hydrogen-bond acceptors (Lipinski definition) is 2. The van der Waals surface area contributed by atoms with Gasteiger partial charge in [-0.05, 0) is 31.5 Å². The molecule has 78 valence electrons. The SMILES string of the molecule is NCCCCS(=O)c1ccccc1F. The minimum atomic E-state index is -1.23. The van der Waals surface area contributed by atoms with Crippen molar-refractivity contribution in [1.82, 2.24) is 0 Å². The molecule has 0 aliphatic heterocycles. The fourth-order valence-electron chi connectivity index (χ4n) is 1.12. The molecule has 1 aromatic carbocycles. The lowest BCUT2D eigenvalue weighted by Gasteiger charge is -2.02. The van der Waals surface area contributed by atoms with Crippen molar-refractivity contribution in [2.24, 2.45) is 5.73 Å². The molecule has 1 atom stereocenters. The minimum Gasteiger partial charge on any atom is -0.330 e. The van der Waals surface area contributed by atoms with Crippen LogP contribution in [0.3, 0.4) is 0 Å². The summed E-state index contributed by atoms with van der Waals surface area (Å²) in [4.78, 5) is 0.296. The Bertz CT molecular complexity index is 317. The van der Waals surface area contributed by atoms with Crippen molar-refractivity contribution in [1.29, 1.82) is 0 Å². The zero-order chi connectivity index (χ0) is 10.4. The van der Waals surface area contributed by atoms with Crippen molar-refractivity contribution < 1.29 is 8.60 Å². The van der Waals surface area contributed by atoms with Crippen molar-refractivity contribution in [3.05, 3.63) is 30.1 Å². The first kappa shape index (κ1) is 11.3. The van der Waals surface area contributed by atoms with Crippen molar-refractivity contribution in [3.63, 3.8) is 0 Å². The number of unbranched alkanes of at least 4 members (excludes halogenated alkanes) is 1. The van der Waals surface area contributed by atoms with Gasteiger partial charge < -0.3 is 5.73 Å². The molecule has 0 saturated heterocycles. The van der Waals surface area contributed by atoms with E-state index >= 15 is 0 Å². The van der Waals surface area contributed by atoms with Crippen molar-refractivity contribution in [3.8, 4) is 0 Å². The number of halogens is 1. The van der Waals surface area contributed by atoms with Gasteiger partial charge in [0.25, 0.3) is 0 Å². The summed E-state index contributed by atoms with van der Waals surface area (Å²) in [6, 6.07) is 6.18. The zero-order valence-electron chi connectivity index (χ0n) is 7.91. The standard InChI is InChI=1S/C10H14FNOS/c11-9-5-1-2-6-10(9)14(13)8-4-3-7-12/h1-2,5-6H,3-4,7-8,12H2. The Morgan fingerprint density at radius 3 is 2.64 bits per heavy atom. The van der Waals surface area contributed by atoms with Crippen molar-refractivity contribution in [2.75, 3.05) is 12.3 Å². The van der Waals surface area contributed by atoms with Gasteiger partial charge in [-0.3, -0.25) is 4.21 Å². The quantitative estimate of drug-likeness (QED) is 0.759. The molecule has 0 aliphatic carbocycles. The zero-order valence-corrected chi connectivity index (χ0v) is 8.73. The molecular formula is C10H14FNOS. The molecule has 1 rings (SSSR count). The third-order valence-electron chi connectivity index (χ3n) is 1.87. The largest absolute Gasteiger partial charge is 0.330 e. The summed E-state index contributed by atoms with van der Waals surface area (Å²) in [7, 11) is -1.23. The number of nitrogens with two attached hydrogens (primary N) is 1. The van der Waals surface area contributed by atoms with E-state index in [1.165, 1.54) is 6.07 Å². The highest BCUT2D eigenvalue weighted by Crippen LogP contribution is 2.12. The Hall–Kier alpha value is -0.740. The number of hydrogen-bond donors (Lipinski definition) is 1. The van der Waals surface area contributed by atoms with Crippen molar-refractivity contribution in [2.45, 2.75) is 17.7 Å². The highest BCUT2D eigenvalue weighted by atomic mass is 32.2. The molecule has 0 bridgehead atoms. The summed E-state index contributed by atoms with van der Waals surface area (Å²) in [6.07, 6.45) is 1.61. The first-order valence-corrected chi connectivity index (χ1v) is 5.90. The molecule has 1 unspecified atom stereocenters. The molecule has 0 amide bonds. The summed E-state index contributed by atoms with van der Waals surface area (Å²) in [5, 5.41) is 0. The Morgan fingerprint density at radius 1 is 1.29 bits per heavy atom. The van der Waals surface area contributed by atoms with E-state index in [4.69, 9.17) is 5.73 Å². The van der Waals surface area contributed by atoms with Crippen LogP contribution in [0.15, 0.2) is 29.2 Å².